The van der Waals surface area contributed by atoms with E-state index in [0.29, 0.717) is 0 Å². The quantitative estimate of drug-likeness (QED) is 0.851. The molecule has 0 unspecified atom stereocenters. The first kappa shape index (κ1) is 18.7. The second-order valence-electron chi connectivity index (χ2n) is 6.34. The molecule has 0 bridgehead atoms. The van der Waals surface area contributed by atoms with E-state index in [-0.39, 0.29) is 17.9 Å². The van der Waals surface area contributed by atoms with Crippen molar-refractivity contribution in [3.8, 4) is 0 Å². The number of rotatable bonds is 7. The lowest BCUT2D eigenvalue weighted by atomic mass is 10.0. The van der Waals surface area contributed by atoms with Crippen LogP contribution in [0.2, 0.25) is 0 Å². The van der Waals surface area contributed by atoms with Gasteiger partial charge in [0.15, 0.2) is 0 Å². The Hall–Kier alpha value is -1.36. The van der Waals surface area contributed by atoms with Gasteiger partial charge < -0.3 is 10.2 Å². The number of aromatic nitrogens is 2. The highest BCUT2D eigenvalue weighted by molar-refractivity contribution is 5.85. The van der Waals surface area contributed by atoms with Crippen LogP contribution in [0.1, 0.15) is 25.0 Å². The van der Waals surface area contributed by atoms with Crippen LogP contribution >= 0.6 is 12.4 Å². The Morgan fingerprint density at radius 3 is 2.45 bits per heavy atom. The molecule has 0 aliphatic rings. The van der Waals surface area contributed by atoms with Crippen LogP contribution in [0.5, 0.6) is 0 Å². The summed E-state index contributed by atoms with van der Waals surface area (Å²) in [6, 6.07) is 10.4. The smallest absolute Gasteiger partial charge is 0.0659 e. The van der Waals surface area contributed by atoms with Crippen molar-refractivity contribution < 1.29 is 0 Å². The largest absolute Gasteiger partial charge is 0.311 e. The topological polar surface area (TPSA) is 33.1 Å². The van der Waals surface area contributed by atoms with Gasteiger partial charge in [0.1, 0.15) is 0 Å². The van der Waals surface area contributed by atoms with Gasteiger partial charge in [0.05, 0.1) is 12.7 Å². The minimum absolute atomic E-state index is 0. The maximum absolute atomic E-state index is 4.43. The summed E-state index contributed by atoms with van der Waals surface area (Å²) in [5.74, 6) is 0. The minimum Gasteiger partial charge on any atom is -0.311 e. The molecule has 0 fully saturated rings. The van der Waals surface area contributed by atoms with Crippen LogP contribution in [0.3, 0.4) is 0 Å². The second kappa shape index (κ2) is 8.32. The summed E-state index contributed by atoms with van der Waals surface area (Å²) >= 11 is 0. The summed E-state index contributed by atoms with van der Waals surface area (Å²) in [7, 11) is 4.22. The van der Waals surface area contributed by atoms with Gasteiger partial charge in [0.2, 0.25) is 0 Å². The molecule has 22 heavy (non-hydrogen) atoms. The maximum Gasteiger partial charge on any atom is 0.0659 e. The molecule has 0 aliphatic heterocycles. The highest BCUT2D eigenvalue weighted by Crippen LogP contribution is 2.09. The van der Waals surface area contributed by atoms with Gasteiger partial charge in [0.25, 0.3) is 0 Å². The monoisotopic (exact) mass is 322 g/mol. The molecule has 0 radical (unpaired) electrons. The molecule has 0 saturated heterocycles. The van der Waals surface area contributed by atoms with Gasteiger partial charge in [-0.3, -0.25) is 4.68 Å². The zero-order valence-corrected chi connectivity index (χ0v) is 14.7. The maximum atomic E-state index is 4.43. The van der Waals surface area contributed by atoms with Crippen LogP contribution in [0.25, 0.3) is 0 Å². The normalized spacial score (nSPS) is 11.5. The van der Waals surface area contributed by atoms with Gasteiger partial charge in [0, 0.05) is 30.4 Å². The van der Waals surface area contributed by atoms with Gasteiger partial charge in [-0.25, -0.2) is 0 Å². The van der Waals surface area contributed by atoms with E-state index in [0.717, 1.165) is 19.6 Å². The first-order valence-electron chi connectivity index (χ1n) is 7.41. The fraction of sp³-hybridized carbons (Fsp3) is 0.471. The fourth-order valence-electron chi connectivity index (χ4n) is 2.03. The summed E-state index contributed by atoms with van der Waals surface area (Å²) in [5, 5.41) is 7.93. The first-order chi connectivity index (χ1) is 9.97. The molecule has 1 aromatic carbocycles. The van der Waals surface area contributed by atoms with E-state index in [1.807, 2.05) is 16.9 Å². The predicted octanol–water partition coefficient (Wildman–Crippen LogP) is 2.78. The van der Waals surface area contributed by atoms with Crippen molar-refractivity contribution >= 4 is 12.4 Å². The fourth-order valence-corrected chi connectivity index (χ4v) is 2.03. The highest BCUT2D eigenvalue weighted by atomic mass is 35.5. The summed E-state index contributed by atoms with van der Waals surface area (Å²) in [6.07, 6.45) is 4.06. The molecular formula is C17H27ClN4. The zero-order valence-electron chi connectivity index (χ0n) is 13.9. The van der Waals surface area contributed by atoms with Crippen molar-refractivity contribution in [1.29, 1.82) is 0 Å². The molecule has 0 amide bonds. The van der Waals surface area contributed by atoms with E-state index in [1.54, 1.807) is 0 Å². The number of benzene rings is 1. The summed E-state index contributed by atoms with van der Waals surface area (Å²) in [4.78, 5) is 2.23. The zero-order chi connectivity index (χ0) is 15.3. The predicted molar refractivity (Wildman–Crippen MR) is 94.5 cm³/mol. The molecule has 1 heterocycles. The average molecular weight is 323 g/mol. The number of hydrogen-bond acceptors (Lipinski definition) is 3. The number of hydrogen-bond donors (Lipinski definition) is 1. The Morgan fingerprint density at radius 1 is 1.14 bits per heavy atom. The SMILES string of the molecule is CN(C)C(C)(C)CNCc1cnn(Cc2ccccc2)c1.Cl. The Labute approximate surface area is 139 Å². The van der Waals surface area contributed by atoms with Crippen LogP contribution in [0.15, 0.2) is 42.7 Å². The molecule has 0 atom stereocenters. The molecule has 1 aromatic heterocycles. The van der Waals surface area contributed by atoms with Crippen LogP contribution in [0.4, 0.5) is 0 Å². The lowest BCUT2D eigenvalue weighted by molar-refractivity contribution is 0.190. The van der Waals surface area contributed by atoms with Gasteiger partial charge in [-0.1, -0.05) is 30.3 Å². The minimum atomic E-state index is 0. The lowest BCUT2D eigenvalue weighted by Gasteiger charge is -2.32. The van der Waals surface area contributed by atoms with Crippen LogP contribution in [-0.4, -0.2) is 40.9 Å². The molecule has 0 saturated carbocycles. The Bertz CT molecular complexity index is 549. The molecule has 2 rings (SSSR count). The molecule has 0 spiro atoms. The van der Waals surface area contributed by atoms with E-state index >= 15 is 0 Å². The van der Waals surface area contributed by atoms with Gasteiger partial charge in [-0.15, -0.1) is 12.4 Å². The lowest BCUT2D eigenvalue weighted by Crippen LogP contribution is -2.46. The molecule has 4 nitrogen and oxygen atoms in total. The number of halogens is 1. The molecule has 1 N–H and O–H groups in total. The van der Waals surface area contributed by atoms with Crippen molar-refractivity contribution in [3.63, 3.8) is 0 Å². The summed E-state index contributed by atoms with van der Waals surface area (Å²) in [5.41, 5.74) is 2.65. The average Bonchev–Trinajstić information content (AvgIpc) is 2.87. The van der Waals surface area contributed by atoms with E-state index < -0.39 is 0 Å². The number of nitrogens with zero attached hydrogens (tertiary/aromatic N) is 3. The van der Waals surface area contributed by atoms with Gasteiger partial charge >= 0.3 is 0 Å². The number of likely N-dealkylation sites (N-methyl/N-ethyl adjacent to an activating group) is 1. The molecule has 122 valence electrons. The van der Waals surface area contributed by atoms with Crippen molar-refractivity contribution in [1.82, 2.24) is 20.0 Å². The van der Waals surface area contributed by atoms with Crippen LogP contribution < -0.4 is 5.32 Å². The van der Waals surface area contributed by atoms with Gasteiger partial charge in [-0.05, 0) is 33.5 Å². The van der Waals surface area contributed by atoms with E-state index in [1.165, 1.54) is 11.1 Å². The molecular weight excluding hydrogens is 296 g/mol. The standard InChI is InChI=1S/C17H26N4.ClH/c1-17(2,20(3)4)14-18-10-16-11-19-21(13-16)12-15-8-6-5-7-9-15;/h5-9,11,13,18H,10,12,14H2,1-4H3;1H. The second-order valence-corrected chi connectivity index (χ2v) is 6.34. The van der Waals surface area contributed by atoms with Crippen molar-refractivity contribution in [2.75, 3.05) is 20.6 Å². The van der Waals surface area contributed by atoms with E-state index in [4.69, 9.17) is 0 Å². The van der Waals surface area contributed by atoms with Crippen molar-refractivity contribution in [2.45, 2.75) is 32.5 Å². The Balaban J connectivity index is 0.00000242. The van der Waals surface area contributed by atoms with Crippen molar-refractivity contribution in [2.24, 2.45) is 0 Å². The Morgan fingerprint density at radius 2 is 1.82 bits per heavy atom. The summed E-state index contributed by atoms with van der Waals surface area (Å²) in [6.45, 7) is 7.09. The third-order valence-electron chi connectivity index (χ3n) is 3.97. The van der Waals surface area contributed by atoms with E-state index in [2.05, 4.69) is 73.7 Å². The van der Waals surface area contributed by atoms with Gasteiger partial charge in [-0.2, -0.15) is 5.10 Å². The molecule has 0 aliphatic carbocycles. The molecule has 2 aromatic rings. The van der Waals surface area contributed by atoms with Crippen LogP contribution in [0, 0.1) is 0 Å². The Kier molecular flexibility index (Phi) is 7.07. The van der Waals surface area contributed by atoms with E-state index in [9.17, 15) is 0 Å². The first-order valence-corrected chi connectivity index (χ1v) is 7.41. The number of nitrogens with one attached hydrogen (secondary N) is 1. The third-order valence-corrected chi connectivity index (χ3v) is 3.97. The van der Waals surface area contributed by atoms with Crippen LogP contribution in [-0.2, 0) is 13.1 Å². The van der Waals surface area contributed by atoms with Crippen molar-refractivity contribution in [3.05, 3.63) is 53.9 Å². The third kappa shape index (κ3) is 5.44. The summed E-state index contributed by atoms with van der Waals surface area (Å²) < 4.78 is 1.99. The molecule has 5 heteroatoms. The highest BCUT2D eigenvalue weighted by Gasteiger charge is 2.19.